The molecule has 3 aromatic rings. The Morgan fingerprint density at radius 2 is 1.62 bits per heavy atom. The molecule has 2 amide bonds. The number of rotatable bonds is 8. The molecule has 0 aliphatic heterocycles. The van der Waals surface area contributed by atoms with E-state index in [-0.39, 0.29) is 24.0 Å². The van der Waals surface area contributed by atoms with Crippen molar-refractivity contribution in [3.05, 3.63) is 88.0 Å². The maximum absolute atomic E-state index is 12.5. The minimum absolute atomic E-state index is 0.0163. The molecule has 0 fully saturated rings. The fraction of sp³-hybridized carbons (Fsp3) is 0.130. The van der Waals surface area contributed by atoms with Gasteiger partial charge in [0, 0.05) is 28.6 Å². The van der Waals surface area contributed by atoms with Crippen LogP contribution in [0.4, 0.5) is 22.7 Å². The number of nitro groups is 1. The van der Waals surface area contributed by atoms with Crippen LogP contribution in [0.25, 0.3) is 0 Å². The predicted octanol–water partition coefficient (Wildman–Crippen LogP) is 4.21. The number of methoxy groups -OCH3 is 1. The van der Waals surface area contributed by atoms with Crippen LogP contribution in [0.2, 0.25) is 0 Å². The molecule has 3 N–H and O–H groups in total. The number of nitro benzene ring substituents is 1. The molecule has 9 nitrogen and oxygen atoms in total. The summed E-state index contributed by atoms with van der Waals surface area (Å²) >= 11 is 0. The van der Waals surface area contributed by atoms with Gasteiger partial charge in [-0.2, -0.15) is 0 Å². The average molecular weight is 434 g/mol. The van der Waals surface area contributed by atoms with E-state index < -0.39 is 4.92 Å². The molecule has 3 aromatic carbocycles. The highest BCUT2D eigenvalue weighted by atomic mass is 16.6. The van der Waals surface area contributed by atoms with Crippen molar-refractivity contribution in [3.63, 3.8) is 0 Å². The molecule has 0 aliphatic carbocycles. The van der Waals surface area contributed by atoms with Crippen LogP contribution in [0.3, 0.4) is 0 Å². The highest BCUT2D eigenvalue weighted by molar-refractivity contribution is 6.05. The first-order valence-electron chi connectivity index (χ1n) is 9.71. The lowest BCUT2D eigenvalue weighted by molar-refractivity contribution is -0.385. The number of hydrogen-bond donors (Lipinski definition) is 3. The number of carbonyl (C=O) groups excluding carboxylic acids is 2. The van der Waals surface area contributed by atoms with E-state index in [2.05, 4.69) is 16.0 Å². The zero-order chi connectivity index (χ0) is 23.1. The number of ether oxygens (including phenoxy) is 1. The van der Waals surface area contributed by atoms with E-state index in [1.807, 2.05) is 0 Å². The normalized spacial score (nSPS) is 10.2. The van der Waals surface area contributed by atoms with Gasteiger partial charge in [0.15, 0.2) is 0 Å². The standard InChI is InChI=1S/C23H22N4O5/c1-15-18(7-5-8-20(15)27(30)31)24-14-22(28)25-17-12-10-16(11-13-17)23(29)26-19-6-3-4-9-21(19)32-2/h3-13,24H,14H2,1-2H3,(H,25,28)(H,26,29). The van der Waals surface area contributed by atoms with Crippen LogP contribution in [0.15, 0.2) is 66.7 Å². The predicted molar refractivity (Wildman–Crippen MR) is 122 cm³/mol. The van der Waals surface area contributed by atoms with Crippen molar-refractivity contribution in [1.82, 2.24) is 0 Å². The third-order valence-electron chi connectivity index (χ3n) is 4.73. The number of carbonyl (C=O) groups is 2. The third kappa shape index (κ3) is 5.39. The first kappa shape index (κ1) is 22.3. The van der Waals surface area contributed by atoms with Gasteiger partial charge in [-0.3, -0.25) is 19.7 Å². The van der Waals surface area contributed by atoms with E-state index in [1.165, 1.54) is 13.2 Å². The molecule has 0 unspecified atom stereocenters. The highest BCUT2D eigenvalue weighted by Crippen LogP contribution is 2.25. The zero-order valence-electron chi connectivity index (χ0n) is 17.5. The van der Waals surface area contributed by atoms with Gasteiger partial charge in [-0.05, 0) is 49.4 Å². The Hall–Kier alpha value is -4.40. The van der Waals surface area contributed by atoms with Crippen molar-refractivity contribution in [1.29, 1.82) is 0 Å². The van der Waals surface area contributed by atoms with Crippen LogP contribution in [-0.4, -0.2) is 30.4 Å². The molecule has 0 aliphatic rings. The number of amides is 2. The Morgan fingerprint density at radius 1 is 0.938 bits per heavy atom. The van der Waals surface area contributed by atoms with Crippen LogP contribution < -0.4 is 20.7 Å². The fourth-order valence-corrected chi connectivity index (χ4v) is 3.04. The summed E-state index contributed by atoms with van der Waals surface area (Å²) in [7, 11) is 1.53. The van der Waals surface area contributed by atoms with Gasteiger partial charge in [0.1, 0.15) is 5.75 Å². The van der Waals surface area contributed by atoms with Crippen molar-refractivity contribution in [2.24, 2.45) is 0 Å². The number of benzene rings is 3. The van der Waals surface area contributed by atoms with Gasteiger partial charge >= 0.3 is 0 Å². The molecule has 0 radical (unpaired) electrons. The maximum Gasteiger partial charge on any atom is 0.274 e. The Morgan fingerprint density at radius 3 is 2.31 bits per heavy atom. The summed E-state index contributed by atoms with van der Waals surface area (Å²) in [5, 5.41) is 19.4. The third-order valence-corrected chi connectivity index (χ3v) is 4.73. The second kappa shape index (κ2) is 10.1. The molecule has 0 saturated carbocycles. The lowest BCUT2D eigenvalue weighted by Gasteiger charge is -2.11. The molecular weight excluding hydrogens is 412 g/mol. The Labute approximate surface area is 184 Å². The molecular formula is C23H22N4O5. The summed E-state index contributed by atoms with van der Waals surface area (Å²) in [6, 6.07) is 18.1. The molecule has 0 aromatic heterocycles. The molecule has 0 atom stereocenters. The quantitative estimate of drug-likeness (QED) is 0.360. The van der Waals surface area contributed by atoms with Gasteiger partial charge in [-0.15, -0.1) is 0 Å². The first-order valence-corrected chi connectivity index (χ1v) is 9.71. The summed E-state index contributed by atoms with van der Waals surface area (Å²) < 4.78 is 5.22. The van der Waals surface area contributed by atoms with Crippen LogP contribution in [0.1, 0.15) is 15.9 Å². The monoisotopic (exact) mass is 434 g/mol. The zero-order valence-corrected chi connectivity index (χ0v) is 17.5. The van der Waals surface area contributed by atoms with Crippen molar-refractivity contribution in [3.8, 4) is 5.75 Å². The van der Waals surface area contributed by atoms with E-state index in [0.29, 0.717) is 33.9 Å². The lowest BCUT2D eigenvalue weighted by Crippen LogP contribution is -2.22. The molecule has 3 rings (SSSR count). The SMILES string of the molecule is COc1ccccc1NC(=O)c1ccc(NC(=O)CNc2cccc([N+](=O)[O-])c2C)cc1. The van der Waals surface area contributed by atoms with E-state index in [4.69, 9.17) is 4.74 Å². The largest absolute Gasteiger partial charge is 0.495 e. The molecule has 0 saturated heterocycles. The minimum Gasteiger partial charge on any atom is -0.495 e. The molecule has 32 heavy (non-hydrogen) atoms. The number of nitrogens with zero attached hydrogens (tertiary/aromatic N) is 1. The van der Waals surface area contributed by atoms with Crippen LogP contribution >= 0.6 is 0 Å². The summed E-state index contributed by atoms with van der Waals surface area (Å²) in [5.74, 6) is -0.0893. The maximum atomic E-state index is 12.5. The van der Waals surface area contributed by atoms with Crippen molar-refractivity contribution < 1.29 is 19.2 Å². The minimum atomic E-state index is -0.466. The molecule has 0 bridgehead atoms. The summed E-state index contributed by atoms with van der Waals surface area (Å²) in [6.45, 7) is 1.55. The lowest BCUT2D eigenvalue weighted by atomic mass is 10.1. The molecule has 0 heterocycles. The van der Waals surface area contributed by atoms with E-state index >= 15 is 0 Å². The van der Waals surface area contributed by atoms with Crippen LogP contribution in [0.5, 0.6) is 5.75 Å². The number of nitrogens with one attached hydrogen (secondary N) is 3. The van der Waals surface area contributed by atoms with E-state index in [9.17, 15) is 19.7 Å². The summed E-state index contributed by atoms with van der Waals surface area (Å²) in [6.07, 6.45) is 0. The van der Waals surface area contributed by atoms with Crippen molar-refractivity contribution in [2.75, 3.05) is 29.6 Å². The molecule has 164 valence electrons. The van der Waals surface area contributed by atoms with Crippen LogP contribution in [0, 0.1) is 17.0 Å². The highest BCUT2D eigenvalue weighted by Gasteiger charge is 2.14. The van der Waals surface area contributed by atoms with Crippen LogP contribution in [-0.2, 0) is 4.79 Å². The Kier molecular flexibility index (Phi) is 7.02. The topological polar surface area (TPSA) is 123 Å². The average Bonchev–Trinajstić information content (AvgIpc) is 2.79. The molecule has 9 heteroatoms. The van der Waals surface area contributed by atoms with Gasteiger partial charge in [0.2, 0.25) is 5.91 Å². The Balaban J connectivity index is 1.57. The first-order chi connectivity index (χ1) is 15.4. The Bertz CT molecular complexity index is 1150. The van der Waals surface area contributed by atoms with Gasteiger partial charge < -0.3 is 20.7 Å². The van der Waals surface area contributed by atoms with Crippen molar-refractivity contribution in [2.45, 2.75) is 6.92 Å². The number of hydrogen-bond acceptors (Lipinski definition) is 6. The number of anilines is 3. The summed E-state index contributed by atoms with van der Waals surface area (Å²) in [4.78, 5) is 35.3. The van der Waals surface area contributed by atoms with Gasteiger partial charge in [-0.25, -0.2) is 0 Å². The second-order valence-electron chi connectivity index (χ2n) is 6.84. The van der Waals surface area contributed by atoms with E-state index in [1.54, 1.807) is 67.6 Å². The van der Waals surface area contributed by atoms with Crippen molar-refractivity contribution >= 4 is 34.6 Å². The van der Waals surface area contributed by atoms with E-state index in [0.717, 1.165) is 0 Å². The molecule has 0 spiro atoms. The summed E-state index contributed by atoms with van der Waals surface area (Å²) in [5.41, 5.74) is 2.44. The van der Waals surface area contributed by atoms with Gasteiger partial charge in [-0.1, -0.05) is 18.2 Å². The smallest absolute Gasteiger partial charge is 0.274 e. The van der Waals surface area contributed by atoms with Gasteiger partial charge in [0.05, 0.1) is 24.3 Å². The van der Waals surface area contributed by atoms with Gasteiger partial charge in [0.25, 0.3) is 11.6 Å². The second-order valence-corrected chi connectivity index (χ2v) is 6.84. The number of para-hydroxylation sites is 2. The fourth-order valence-electron chi connectivity index (χ4n) is 3.04.